The minimum atomic E-state index is -0.445. The molecule has 24 heavy (non-hydrogen) atoms. The number of rotatable bonds is 4. The Labute approximate surface area is 143 Å². The van der Waals surface area contributed by atoms with Crippen LogP contribution in [-0.4, -0.2) is 22.8 Å². The molecule has 0 aliphatic carbocycles. The zero-order valence-corrected chi connectivity index (χ0v) is 14.7. The lowest BCUT2D eigenvalue weighted by atomic mass is 10.1. The topological polar surface area (TPSA) is 56.1 Å². The van der Waals surface area contributed by atoms with Gasteiger partial charge in [-0.1, -0.05) is 6.07 Å². The number of nitrogens with one attached hydrogen (secondary N) is 1. The predicted molar refractivity (Wildman–Crippen MR) is 92.2 cm³/mol. The van der Waals surface area contributed by atoms with Crippen LogP contribution in [0.25, 0.3) is 10.2 Å². The number of thiophene rings is 1. The third-order valence-electron chi connectivity index (χ3n) is 3.94. The van der Waals surface area contributed by atoms with Crippen molar-refractivity contribution in [2.24, 2.45) is 7.05 Å². The second kappa shape index (κ2) is 6.24. The summed E-state index contributed by atoms with van der Waals surface area (Å²) in [6, 6.07) is 6.21. The molecular formula is C17H18FN3O2S. The quantitative estimate of drug-likeness (QED) is 0.785. The zero-order valence-electron chi connectivity index (χ0n) is 13.9. The molecule has 0 fully saturated rings. The first-order valence-electron chi connectivity index (χ1n) is 7.48. The van der Waals surface area contributed by atoms with Gasteiger partial charge < -0.3 is 10.1 Å². The normalized spacial score (nSPS) is 12.4. The number of amides is 1. The first-order chi connectivity index (χ1) is 11.4. The molecule has 1 N–H and O–H groups in total. The molecule has 2 aromatic heterocycles. The number of carbonyl (C=O) groups is 1. The van der Waals surface area contributed by atoms with Crippen molar-refractivity contribution in [2.45, 2.75) is 19.9 Å². The number of ether oxygens (including phenoxy) is 1. The van der Waals surface area contributed by atoms with Crippen LogP contribution in [0.3, 0.4) is 0 Å². The van der Waals surface area contributed by atoms with Gasteiger partial charge in [0.05, 0.1) is 23.7 Å². The van der Waals surface area contributed by atoms with Crippen LogP contribution in [0.15, 0.2) is 24.3 Å². The Morgan fingerprint density at radius 2 is 2.17 bits per heavy atom. The van der Waals surface area contributed by atoms with Crippen molar-refractivity contribution < 1.29 is 13.9 Å². The molecule has 5 nitrogen and oxygen atoms in total. The molecule has 1 aromatic carbocycles. The number of benzene rings is 1. The highest BCUT2D eigenvalue weighted by molar-refractivity contribution is 7.20. The summed E-state index contributed by atoms with van der Waals surface area (Å²) in [6.07, 6.45) is 0. The van der Waals surface area contributed by atoms with Gasteiger partial charge in [-0.05, 0) is 37.6 Å². The lowest BCUT2D eigenvalue weighted by Gasteiger charge is -2.14. The number of carbonyl (C=O) groups excluding carboxylic acids is 1. The lowest BCUT2D eigenvalue weighted by molar-refractivity contribution is 0.0944. The van der Waals surface area contributed by atoms with Crippen LogP contribution in [0.4, 0.5) is 4.39 Å². The van der Waals surface area contributed by atoms with Gasteiger partial charge in [0.25, 0.3) is 5.91 Å². The van der Waals surface area contributed by atoms with Gasteiger partial charge >= 0.3 is 0 Å². The highest BCUT2D eigenvalue weighted by Gasteiger charge is 2.18. The van der Waals surface area contributed by atoms with Crippen LogP contribution in [0.2, 0.25) is 0 Å². The van der Waals surface area contributed by atoms with E-state index in [1.165, 1.54) is 24.5 Å². The van der Waals surface area contributed by atoms with E-state index in [1.54, 1.807) is 16.8 Å². The van der Waals surface area contributed by atoms with Crippen molar-refractivity contribution in [2.75, 3.05) is 7.11 Å². The SMILES string of the molecule is COc1ccc(C(C)NC(=O)c2cc3c(C)nn(C)c3s2)cc1F. The fraction of sp³-hybridized carbons (Fsp3) is 0.294. The average Bonchev–Trinajstić information content (AvgIpc) is 3.09. The molecule has 126 valence electrons. The van der Waals surface area contributed by atoms with Crippen LogP contribution in [0.1, 0.15) is 33.9 Å². The van der Waals surface area contributed by atoms with E-state index in [1.807, 2.05) is 27.0 Å². The van der Waals surface area contributed by atoms with Gasteiger partial charge in [0, 0.05) is 12.4 Å². The summed E-state index contributed by atoms with van der Waals surface area (Å²) in [5, 5.41) is 8.21. The van der Waals surface area contributed by atoms with Gasteiger partial charge in [-0.15, -0.1) is 11.3 Å². The molecule has 3 rings (SSSR count). The highest BCUT2D eigenvalue weighted by Crippen LogP contribution is 2.28. The number of fused-ring (bicyclic) bond motifs is 1. The van der Waals surface area contributed by atoms with E-state index in [2.05, 4.69) is 10.4 Å². The molecule has 0 bridgehead atoms. The van der Waals surface area contributed by atoms with E-state index in [9.17, 15) is 9.18 Å². The van der Waals surface area contributed by atoms with Crippen LogP contribution < -0.4 is 10.1 Å². The number of aromatic nitrogens is 2. The van der Waals surface area contributed by atoms with Crippen molar-refractivity contribution in [3.63, 3.8) is 0 Å². The van der Waals surface area contributed by atoms with E-state index >= 15 is 0 Å². The second-order valence-electron chi connectivity index (χ2n) is 5.63. The Morgan fingerprint density at radius 1 is 1.42 bits per heavy atom. The minimum absolute atomic E-state index is 0.181. The third kappa shape index (κ3) is 2.87. The first kappa shape index (κ1) is 16.4. The maximum absolute atomic E-state index is 13.8. The molecule has 7 heteroatoms. The zero-order chi connectivity index (χ0) is 17.4. The highest BCUT2D eigenvalue weighted by atomic mass is 32.1. The van der Waals surface area contributed by atoms with E-state index in [4.69, 9.17) is 4.74 Å². The van der Waals surface area contributed by atoms with Gasteiger partial charge in [0.15, 0.2) is 11.6 Å². The van der Waals surface area contributed by atoms with Crippen LogP contribution in [0, 0.1) is 12.7 Å². The monoisotopic (exact) mass is 347 g/mol. The molecule has 0 aliphatic rings. The van der Waals surface area contributed by atoms with Crippen LogP contribution in [0.5, 0.6) is 5.75 Å². The Morgan fingerprint density at radius 3 is 2.79 bits per heavy atom. The number of halogens is 1. The van der Waals surface area contributed by atoms with Crippen molar-refractivity contribution in [3.8, 4) is 5.75 Å². The molecule has 3 aromatic rings. The number of hydrogen-bond acceptors (Lipinski definition) is 4. The predicted octanol–water partition coefficient (Wildman–Crippen LogP) is 3.58. The second-order valence-corrected chi connectivity index (χ2v) is 6.66. The van der Waals surface area contributed by atoms with Crippen LogP contribution >= 0.6 is 11.3 Å². The smallest absolute Gasteiger partial charge is 0.261 e. The lowest BCUT2D eigenvalue weighted by Crippen LogP contribution is -2.26. The van der Waals surface area contributed by atoms with Gasteiger partial charge in [0.1, 0.15) is 4.83 Å². The largest absolute Gasteiger partial charge is 0.494 e. The molecule has 0 saturated carbocycles. The molecule has 0 aliphatic heterocycles. The van der Waals surface area contributed by atoms with E-state index in [0.29, 0.717) is 10.4 Å². The van der Waals surface area contributed by atoms with Crippen molar-refractivity contribution in [1.29, 1.82) is 0 Å². The summed E-state index contributed by atoms with van der Waals surface area (Å²) in [5.74, 6) is -0.441. The maximum Gasteiger partial charge on any atom is 0.261 e. The summed E-state index contributed by atoms with van der Waals surface area (Å²) in [5.41, 5.74) is 1.58. The molecule has 1 unspecified atom stereocenters. The Balaban J connectivity index is 1.80. The summed E-state index contributed by atoms with van der Waals surface area (Å²) < 4.78 is 20.5. The standard InChI is InChI=1S/C17H18FN3O2S/c1-9(11-5-6-14(23-4)13(18)7-11)19-16(22)15-8-12-10(2)20-21(3)17(12)24-15/h5-9H,1-4H3,(H,19,22). The van der Waals surface area contributed by atoms with Crippen molar-refractivity contribution >= 4 is 27.5 Å². The Kier molecular flexibility index (Phi) is 4.28. The molecule has 0 radical (unpaired) electrons. The summed E-state index contributed by atoms with van der Waals surface area (Å²) in [7, 11) is 3.28. The Hall–Kier alpha value is -2.41. The minimum Gasteiger partial charge on any atom is -0.494 e. The first-order valence-corrected chi connectivity index (χ1v) is 8.29. The molecule has 1 atom stereocenters. The number of nitrogens with zero attached hydrogens (tertiary/aromatic N) is 2. The number of aryl methyl sites for hydroxylation is 2. The average molecular weight is 347 g/mol. The summed E-state index contributed by atoms with van der Waals surface area (Å²) in [4.78, 5) is 14.0. The third-order valence-corrected chi connectivity index (χ3v) is 5.14. The summed E-state index contributed by atoms with van der Waals surface area (Å²) in [6.45, 7) is 3.73. The Bertz CT molecular complexity index is 882. The molecule has 2 heterocycles. The van der Waals surface area contributed by atoms with Crippen LogP contribution in [-0.2, 0) is 7.05 Å². The molecule has 0 spiro atoms. The number of methoxy groups -OCH3 is 1. The fourth-order valence-corrected chi connectivity index (χ4v) is 3.65. The molecular weight excluding hydrogens is 329 g/mol. The van der Waals surface area contributed by atoms with Gasteiger partial charge in [-0.25, -0.2) is 4.39 Å². The van der Waals surface area contributed by atoms with E-state index < -0.39 is 5.82 Å². The van der Waals surface area contributed by atoms with Crippen molar-refractivity contribution in [1.82, 2.24) is 15.1 Å². The van der Waals surface area contributed by atoms with Gasteiger partial charge in [-0.3, -0.25) is 9.48 Å². The molecule has 1 amide bonds. The van der Waals surface area contributed by atoms with Crippen molar-refractivity contribution in [3.05, 3.63) is 46.2 Å². The van der Waals surface area contributed by atoms with Gasteiger partial charge in [-0.2, -0.15) is 5.10 Å². The number of hydrogen-bond donors (Lipinski definition) is 1. The van der Waals surface area contributed by atoms with E-state index in [-0.39, 0.29) is 17.7 Å². The molecule has 0 saturated heterocycles. The fourth-order valence-electron chi connectivity index (χ4n) is 2.62. The summed E-state index contributed by atoms with van der Waals surface area (Å²) >= 11 is 1.39. The maximum atomic E-state index is 13.8. The van der Waals surface area contributed by atoms with Gasteiger partial charge in [0.2, 0.25) is 0 Å². The van der Waals surface area contributed by atoms with E-state index in [0.717, 1.165) is 15.9 Å².